The van der Waals surface area contributed by atoms with Gasteiger partial charge in [0.05, 0.1) is 15.5 Å². The number of amides is 1. The predicted octanol–water partition coefficient (Wildman–Crippen LogP) is 6.87. The van der Waals surface area contributed by atoms with E-state index in [4.69, 9.17) is 9.41 Å². The molecular weight excluding hydrogens is 450 g/mol. The summed E-state index contributed by atoms with van der Waals surface area (Å²) in [6.45, 7) is 7.92. The van der Waals surface area contributed by atoms with Crippen LogP contribution >= 0.6 is 11.8 Å². The van der Waals surface area contributed by atoms with Gasteiger partial charge in [-0.2, -0.15) is 0 Å². The van der Waals surface area contributed by atoms with E-state index in [1.165, 1.54) is 23.9 Å². The summed E-state index contributed by atoms with van der Waals surface area (Å²) in [6, 6.07) is 16.0. The van der Waals surface area contributed by atoms with Crippen LogP contribution in [0.2, 0.25) is 0 Å². The molecule has 34 heavy (non-hydrogen) atoms. The third-order valence-corrected chi connectivity index (χ3v) is 6.71. The smallest absolute Gasteiger partial charge is 0.270 e. The first-order chi connectivity index (χ1) is 16.3. The number of aryl methyl sites for hydroxylation is 2. The molecule has 2 heterocycles. The number of hydrogen-bond acceptors (Lipinski definition) is 6. The van der Waals surface area contributed by atoms with Gasteiger partial charge in [-0.15, -0.1) is 0 Å². The van der Waals surface area contributed by atoms with Gasteiger partial charge >= 0.3 is 0 Å². The van der Waals surface area contributed by atoms with E-state index in [0.717, 1.165) is 23.2 Å². The van der Waals surface area contributed by atoms with Crippen molar-refractivity contribution in [2.45, 2.75) is 40.2 Å². The Kier molecular flexibility index (Phi) is 6.70. The molecule has 0 N–H and O–H groups in total. The second-order valence-corrected chi connectivity index (χ2v) is 9.24. The number of nitro groups is 1. The lowest BCUT2D eigenvalue weighted by Gasteiger charge is -2.22. The summed E-state index contributed by atoms with van der Waals surface area (Å²) >= 11 is 1.32. The highest BCUT2D eigenvalue weighted by atomic mass is 32.2. The average Bonchev–Trinajstić information content (AvgIpc) is 3.39. The highest BCUT2D eigenvalue weighted by molar-refractivity contribution is 8.18. The van der Waals surface area contributed by atoms with Crippen LogP contribution in [-0.4, -0.2) is 26.9 Å². The average molecular weight is 476 g/mol. The maximum absolute atomic E-state index is 13.3. The summed E-state index contributed by atoms with van der Waals surface area (Å²) in [5.74, 6) is 0.892. The number of amidine groups is 1. The Bertz CT molecular complexity index is 1310. The number of hydrogen-bond donors (Lipinski definition) is 0. The third kappa shape index (κ3) is 4.82. The van der Waals surface area contributed by atoms with Gasteiger partial charge < -0.3 is 4.42 Å². The summed E-state index contributed by atoms with van der Waals surface area (Å²) in [6.07, 6.45) is 2.50. The maximum Gasteiger partial charge on any atom is 0.270 e. The molecule has 1 saturated heterocycles. The lowest BCUT2D eigenvalue weighted by molar-refractivity contribution is -0.384. The van der Waals surface area contributed by atoms with Crippen molar-refractivity contribution in [1.29, 1.82) is 0 Å². The van der Waals surface area contributed by atoms with E-state index in [1.54, 1.807) is 29.2 Å². The van der Waals surface area contributed by atoms with Crippen LogP contribution < -0.4 is 0 Å². The van der Waals surface area contributed by atoms with E-state index < -0.39 is 4.92 Å². The fourth-order valence-corrected chi connectivity index (χ4v) is 4.63. The quantitative estimate of drug-likeness (QED) is 0.220. The van der Waals surface area contributed by atoms with E-state index in [1.807, 2.05) is 52.0 Å². The largest absolute Gasteiger partial charge is 0.457 e. The van der Waals surface area contributed by atoms with Gasteiger partial charge in [-0.25, -0.2) is 4.99 Å². The van der Waals surface area contributed by atoms with Crippen molar-refractivity contribution in [3.63, 3.8) is 0 Å². The minimum Gasteiger partial charge on any atom is -0.457 e. The molecule has 1 atom stereocenters. The second kappa shape index (κ2) is 9.69. The van der Waals surface area contributed by atoms with Crippen molar-refractivity contribution >= 4 is 40.3 Å². The molecule has 2 aromatic carbocycles. The van der Waals surface area contributed by atoms with Crippen LogP contribution in [0, 0.1) is 24.0 Å². The zero-order chi connectivity index (χ0) is 24.4. The van der Waals surface area contributed by atoms with Gasteiger partial charge in [0, 0.05) is 29.8 Å². The van der Waals surface area contributed by atoms with Gasteiger partial charge in [-0.05, 0) is 68.8 Å². The summed E-state index contributed by atoms with van der Waals surface area (Å²) in [5.41, 5.74) is 3.44. The third-order valence-electron chi connectivity index (χ3n) is 5.72. The van der Waals surface area contributed by atoms with Crippen LogP contribution in [-0.2, 0) is 4.79 Å². The van der Waals surface area contributed by atoms with Crippen LogP contribution in [0.4, 0.5) is 11.4 Å². The highest BCUT2D eigenvalue weighted by Gasteiger charge is 2.36. The van der Waals surface area contributed by atoms with Gasteiger partial charge in [-0.1, -0.05) is 30.7 Å². The number of rotatable bonds is 6. The molecule has 1 aliphatic rings. The molecule has 1 aliphatic heterocycles. The minimum absolute atomic E-state index is 0.000384. The molecule has 1 amide bonds. The molecule has 4 rings (SSSR count). The Labute approximate surface area is 202 Å². The molecule has 1 aromatic heterocycles. The van der Waals surface area contributed by atoms with Crippen LogP contribution in [0.1, 0.15) is 37.2 Å². The van der Waals surface area contributed by atoms with Crippen molar-refractivity contribution in [2.75, 3.05) is 0 Å². The molecule has 8 heteroatoms. The molecule has 0 aliphatic carbocycles. The second-order valence-electron chi connectivity index (χ2n) is 8.23. The molecule has 174 valence electrons. The summed E-state index contributed by atoms with van der Waals surface area (Å²) < 4.78 is 5.96. The van der Waals surface area contributed by atoms with Gasteiger partial charge in [0.2, 0.25) is 0 Å². The van der Waals surface area contributed by atoms with Crippen LogP contribution in [0.25, 0.3) is 17.4 Å². The molecule has 7 nitrogen and oxygen atoms in total. The zero-order valence-corrected chi connectivity index (χ0v) is 20.3. The minimum atomic E-state index is -0.430. The number of thioether (sulfide) groups is 1. The zero-order valence-electron chi connectivity index (χ0n) is 19.4. The fourth-order valence-electron chi connectivity index (χ4n) is 3.56. The molecule has 3 aromatic rings. The van der Waals surface area contributed by atoms with Gasteiger partial charge in [0.25, 0.3) is 11.6 Å². The molecule has 0 unspecified atom stereocenters. The molecule has 0 bridgehead atoms. The topological polar surface area (TPSA) is 89.0 Å². The van der Waals surface area contributed by atoms with Gasteiger partial charge in [-0.3, -0.25) is 19.8 Å². The Hall–Kier alpha value is -3.65. The van der Waals surface area contributed by atoms with Crippen molar-refractivity contribution in [1.82, 2.24) is 4.90 Å². The van der Waals surface area contributed by atoms with E-state index >= 15 is 0 Å². The van der Waals surface area contributed by atoms with Crippen molar-refractivity contribution in [3.05, 3.63) is 86.5 Å². The number of non-ortho nitro benzene ring substituents is 1. The van der Waals surface area contributed by atoms with Crippen molar-refractivity contribution in [2.24, 2.45) is 4.99 Å². The number of carbonyl (C=O) groups excluding carboxylic acids is 1. The monoisotopic (exact) mass is 475 g/mol. The summed E-state index contributed by atoms with van der Waals surface area (Å²) in [7, 11) is 0. The van der Waals surface area contributed by atoms with Crippen LogP contribution in [0.3, 0.4) is 0 Å². The Morgan fingerprint density at radius 3 is 2.56 bits per heavy atom. The molecule has 0 spiro atoms. The van der Waals surface area contributed by atoms with Crippen LogP contribution in [0.15, 0.2) is 68.9 Å². The normalized spacial score (nSPS) is 17.1. The number of aliphatic imine (C=N–C) groups is 1. The number of nitro benzene ring substituents is 1. The van der Waals surface area contributed by atoms with E-state index in [-0.39, 0.29) is 17.6 Å². The maximum atomic E-state index is 13.3. The molecule has 0 saturated carbocycles. The lowest BCUT2D eigenvalue weighted by atomic mass is 10.1. The van der Waals surface area contributed by atoms with Gasteiger partial charge in [0.1, 0.15) is 11.5 Å². The van der Waals surface area contributed by atoms with E-state index in [2.05, 4.69) is 0 Å². The molecule has 1 fully saturated rings. The first-order valence-corrected chi connectivity index (χ1v) is 11.8. The number of benzene rings is 2. The van der Waals surface area contributed by atoms with Crippen LogP contribution in [0.5, 0.6) is 0 Å². The van der Waals surface area contributed by atoms with E-state index in [0.29, 0.717) is 27.2 Å². The molecule has 0 radical (unpaired) electrons. The van der Waals surface area contributed by atoms with Gasteiger partial charge in [0.15, 0.2) is 5.17 Å². The highest BCUT2D eigenvalue weighted by Crippen LogP contribution is 2.37. The predicted molar refractivity (Wildman–Crippen MR) is 136 cm³/mol. The fraction of sp³-hybridized carbons (Fsp3) is 0.231. The van der Waals surface area contributed by atoms with Crippen molar-refractivity contribution in [3.8, 4) is 11.3 Å². The SMILES string of the molecule is CC[C@@H](C)N1C(=O)/C(=C\c2ccc(-c3cc([N+](=O)[O-])ccc3C)o2)SC1=Nc1ccc(C)cc1. The summed E-state index contributed by atoms with van der Waals surface area (Å²) in [5, 5.41) is 11.8. The molecular formula is C26H25N3O4S. The lowest BCUT2D eigenvalue weighted by Crippen LogP contribution is -2.36. The Balaban J connectivity index is 1.67. The first-order valence-electron chi connectivity index (χ1n) is 11.0. The van der Waals surface area contributed by atoms with Crippen molar-refractivity contribution < 1.29 is 14.1 Å². The number of nitrogens with zero attached hydrogens (tertiary/aromatic N) is 3. The number of furan rings is 1. The summed E-state index contributed by atoms with van der Waals surface area (Å²) in [4.78, 5) is 31.0. The standard InChI is InChI=1S/C26H25N3O4S/c1-5-18(4)28-25(30)24(34-26(28)27-19-9-6-16(2)7-10-19)15-21-12-13-23(33-21)22-14-20(29(31)32)11-8-17(22)3/h6-15,18H,5H2,1-4H3/b24-15+,27-26?/t18-/m1/s1. The van der Waals surface area contributed by atoms with E-state index in [9.17, 15) is 14.9 Å². The first kappa shape index (κ1) is 23.5. The number of carbonyl (C=O) groups is 1. The Morgan fingerprint density at radius 2 is 1.88 bits per heavy atom. The Morgan fingerprint density at radius 1 is 1.15 bits per heavy atom.